The molecular formula is C50H59FN8O6. The van der Waals surface area contributed by atoms with E-state index >= 15 is 4.39 Å². The van der Waals surface area contributed by atoms with Crippen molar-refractivity contribution < 1.29 is 28.3 Å². The van der Waals surface area contributed by atoms with Gasteiger partial charge in [-0.2, -0.15) is 5.10 Å². The van der Waals surface area contributed by atoms with Crippen molar-refractivity contribution >= 4 is 34.4 Å². The Kier molecular flexibility index (Phi) is 12.0. The number of hydrogen-bond donors (Lipinski definition) is 2. The number of amides is 4. The zero-order valence-corrected chi connectivity index (χ0v) is 37.1. The smallest absolute Gasteiger partial charge is 0.272 e. The van der Waals surface area contributed by atoms with E-state index < -0.39 is 17.1 Å². The highest BCUT2D eigenvalue weighted by atomic mass is 19.1. The molecule has 342 valence electrons. The maximum atomic E-state index is 15.2. The molecule has 5 saturated heterocycles. The molecular weight excluding hydrogens is 828 g/mol. The van der Waals surface area contributed by atoms with Crippen LogP contribution in [-0.4, -0.2) is 155 Å². The summed E-state index contributed by atoms with van der Waals surface area (Å²) in [6.45, 7) is 7.20. The van der Waals surface area contributed by atoms with Crippen LogP contribution in [0.25, 0.3) is 10.8 Å². The lowest BCUT2D eigenvalue weighted by molar-refractivity contribution is -0.203. The second kappa shape index (κ2) is 18.0. The summed E-state index contributed by atoms with van der Waals surface area (Å²) in [5.41, 5.74) is 1.97. The van der Waals surface area contributed by atoms with Gasteiger partial charge in [0.25, 0.3) is 17.4 Å². The van der Waals surface area contributed by atoms with Crippen LogP contribution in [0, 0.1) is 11.2 Å². The van der Waals surface area contributed by atoms with Gasteiger partial charge in [-0.05, 0) is 92.8 Å². The number of carbonyl (C=O) groups excluding carboxylic acids is 4. The number of piperazine rings is 2. The first-order chi connectivity index (χ1) is 31.6. The molecule has 65 heavy (non-hydrogen) atoms. The van der Waals surface area contributed by atoms with Gasteiger partial charge < -0.3 is 29.7 Å². The minimum Gasteiger partial charge on any atom is -0.373 e. The molecule has 2 saturated carbocycles. The largest absolute Gasteiger partial charge is 0.373 e. The van der Waals surface area contributed by atoms with Gasteiger partial charge in [0.1, 0.15) is 5.82 Å². The highest BCUT2D eigenvalue weighted by Crippen LogP contribution is 2.50. The number of aromatic amines is 1. The van der Waals surface area contributed by atoms with Crippen LogP contribution in [0.5, 0.6) is 0 Å². The molecule has 2 bridgehead atoms. The fraction of sp³-hybridized carbons (Fsp3) is 0.520. The Labute approximate surface area is 378 Å². The topological polar surface area (TPSA) is 151 Å². The SMILES string of the molecule is O=C(CNC1CC1)N1CCC[C@H](c2cccc(C(=O)N3CCN(CC45CCC(C(=O)N6CCN(C(=O)c7cc(Cc8n[nH]c(=O)c9ccccc89)ccc7F)CC6)(CC4)CO5)CC3)c2)C1. The van der Waals surface area contributed by atoms with E-state index in [-0.39, 0.29) is 40.4 Å². The zero-order chi connectivity index (χ0) is 44.7. The van der Waals surface area contributed by atoms with Crippen molar-refractivity contribution in [3.05, 3.63) is 111 Å². The number of benzene rings is 3. The first-order valence-corrected chi connectivity index (χ1v) is 23.7. The number of H-pyrrole nitrogens is 1. The number of nitrogens with zero attached hydrogens (tertiary/aromatic N) is 6. The van der Waals surface area contributed by atoms with Gasteiger partial charge in [0, 0.05) is 101 Å². The molecule has 4 aromatic rings. The van der Waals surface area contributed by atoms with Crippen LogP contribution >= 0.6 is 0 Å². The molecule has 0 unspecified atom stereocenters. The van der Waals surface area contributed by atoms with Crippen LogP contribution in [0.2, 0.25) is 0 Å². The predicted molar refractivity (Wildman–Crippen MR) is 242 cm³/mol. The van der Waals surface area contributed by atoms with Crippen LogP contribution in [-0.2, 0) is 20.7 Å². The van der Waals surface area contributed by atoms with Crippen molar-refractivity contribution in [3.8, 4) is 0 Å². The van der Waals surface area contributed by atoms with Gasteiger partial charge in [-0.1, -0.05) is 36.4 Å². The Morgan fingerprint density at radius 3 is 2.23 bits per heavy atom. The van der Waals surface area contributed by atoms with Gasteiger partial charge in [0.2, 0.25) is 11.8 Å². The Morgan fingerprint density at radius 2 is 1.49 bits per heavy atom. The molecule has 2 N–H and O–H groups in total. The molecule has 0 spiro atoms. The van der Waals surface area contributed by atoms with E-state index in [9.17, 15) is 24.0 Å². The molecule has 2 aliphatic carbocycles. The number of halogens is 1. The molecule has 1 atom stereocenters. The lowest BCUT2D eigenvalue weighted by Crippen LogP contribution is -2.63. The van der Waals surface area contributed by atoms with E-state index in [0.29, 0.717) is 99.0 Å². The summed E-state index contributed by atoms with van der Waals surface area (Å²) in [6.07, 6.45) is 7.69. The zero-order valence-electron chi connectivity index (χ0n) is 37.1. The van der Waals surface area contributed by atoms with Crippen LogP contribution < -0.4 is 10.9 Å². The maximum absolute atomic E-state index is 15.2. The molecule has 6 heterocycles. The average Bonchev–Trinajstić information content (AvgIpc) is 4.20. The van der Waals surface area contributed by atoms with Gasteiger partial charge in [-0.3, -0.25) is 28.9 Å². The second-order valence-electron chi connectivity index (χ2n) is 19.4. The Balaban J connectivity index is 0.684. The maximum Gasteiger partial charge on any atom is 0.272 e. The molecule has 14 nitrogen and oxygen atoms in total. The molecule has 5 aliphatic heterocycles. The van der Waals surface area contributed by atoms with Gasteiger partial charge in [0.15, 0.2) is 0 Å². The number of ether oxygens (including phenoxy) is 1. The third kappa shape index (κ3) is 9.07. The molecule has 11 rings (SSSR count). The van der Waals surface area contributed by atoms with Crippen LogP contribution in [0.15, 0.2) is 71.5 Å². The monoisotopic (exact) mass is 886 g/mol. The van der Waals surface area contributed by atoms with Crippen LogP contribution in [0.1, 0.15) is 94.8 Å². The summed E-state index contributed by atoms with van der Waals surface area (Å²) in [6, 6.07) is 20.2. The van der Waals surface area contributed by atoms with Gasteiger partial charge in [-0.25, -0.2) is 9.49 Å². The normalized spacial score (nSPS) is 25.0. The third-order valence-electron chi connectivity index (χ3n) is 15.2. The van der Waals surface area contributed by atoms with Crippen molar-refractivity contribution in [3.63, 3.8) is 0 Å². The number of aromatic nitrogens is 2. The number of rotatable bonds is 11. The van der Waals surface area contributed by atoms with E-state index in [0.717, 1.165) is 83.1 Å². The third-order valence-corrected chi connectivity index (χ3v) is 15.2. The van der Waals surface area contributed by atoms with Crippen molar-refractivity contribution in [2.45, 2.75) is 75.3 Å². The van der Waals surface area contributed by atoms with Crippen molar-refractivity contribution in [2.24, 2.45) is 5.41 Å². The number of likely N-dealkylation sites (tertiary alicyclic amines) is 1. The standard InChI is InChI=1S/C50H59FN8O6/c51-42-13-10-34(28-43-39-8-1-2-9-40(39)45(61)54-53-43)27-41(42)47(63)57-23-25-58(26-24-57)48(64)49-14-16-50(17-15-49,65-33-49)32-55-19-21-56(22-20-55)46(62)36-6-3-5-35(29-36)37-7-4-18-59(31-37)44(60)30-52-38-11-12-38/h1-3,5-6,8-10,13,27,29,37-38,52H,4,7,11-12,14-26,28,30-33H2,(H,54,61)/t37-,49?,50?/m0/s1. The first-order valence-electron chi connectivity index (χ1n) is 23.7. The molecule has 0 radical (unpaired) electrons. The van der Waals surface area contributed by atoms with E-state index in [1.807, 2.05) is 45.0 Å². The summed E-state index contributed by atoms with van der Waals surface area (Å²) < 4.78 is 21.8. The van der Waals surface area contributed by atoms with E-state index in [1.165, 1.54) is 6.07 Å². The Morgan fingerprint density at radius 1 is 0.769 bits per heavy atom. The first kappa shape index (κ1) is 43.4. The fourth-order valence-electron chi connectivity index (χ4n) is 10.9. The number of carbonyl (C=O) groups is 4. The molecule has 4 amide bonds. The van der Waals surface area contributed by atoms with Crippen molar-refractivity contribution in [1.29, 1.82) is 0 Å². The van der Waals surface area contributed by atoms with E-state index in [4.69, 9.17) is 4.74 Å². The van der Waals surface area contributed by atoms with Crippen molar-refractivity contribution in [1.82, 2.24) is 40.0 Å². The number of piperidine rings is 1. The van der Waals surface area contributed by atoms with Gasteiger partial charge in [0.05, 0.1) is 40.8 Å². The lowest BCUT2D eigenvalue weighted by atomic mass is 9.65. The molecule has 1 aromatic heterocycles. The molecule has 15 heteroatoms. The highest BCUT2D eigenvalue weighted by Gasteiger charge is 2.55. The summed E-state index contributed by atoms with van der Waals surface area (Å²) in [4.78, 5) is 76.6. The summed E-state index contributed by atoms with van der Waals surface area (Å²) >= 11 is 0. The molecule has 7 aliphatic rings. The predicted octanol–water partition coefficient (Wildman–Crippen LogP) is 4.18. The highest BCUT2D eigenvalue weighted by molar-refractivity contribution is 5.95. The Bertz CT molecular complexity index is 2500. The average molecular weight is 887 g/mol. The summed E-state index contributed by atoms with van der Waals surface area (Å²) in [5, 5.41) is 11.4. The van der Waals surface area contributed by atoms with Crippen molar-refractivity contribution in [2.75, 3.05) is 85.1 Å². The van der Waals surface area contributed by atoms with Crippen LogP contribution in [0.4, 0.5) is 4.39 Å². The number of fused-ring (bicyclic) bond motifs is 4. The summed E-state index contributed by atoms with van der Waals surface area (Å²) in [5.74, 6) is -0.492. The lowest BCUT2D eigenvalue weighted by Gasteiger charge is -2.55. The second-order valence-corrected chi connectivity index (χ2v) is 19.4. The van der Waals surface area contributed by atoms with E-state index in [2.05, 4.69) is 26.5 Å². The van der Waals surface area contributed by atoms with Gasteiger partial charge in [-0.15, -0.1) is 0 Å². The number of nitrogens with one attached hydrogen (secondary N) is 2. The molecule has 3 aromatic carbocycles. The molecule has 7 fully saturated rings. The van der Waals surface area contributed by atoms with Gasteiger partial charge >= 0.3 is 0 Å². The minimum atomic E-state index is -0.605. The van der Waals surface area contributed by atoms with Crippen LogP contribution in [0.3, 0.4) is 0 Å². The number of hydrogen-bond acceptors (Lipinski definition) is 9. The van der Waals surface area contributed by atoms with E-state index in [1.54, 1.807) is 29.2 Å². The minimum absolute atomic E-state index is 0.0220. The summed E-state index contributed by atoms with van der Waals surface area (Å²) in [7, 11) is 0. The Hall–Kier alpha value is -5.51. The quantitative estimate of drug-likeness (QED) is 0.226. The fourth-order valence-corrected chi connectivity index (χ4v) is 10.9.